The molecule has 34 heavy (non-hydrogen) atoms. The number of halogens is 1. The van der Waals surface area contributed by atoms with Crippen molar-refractivity contribution in [2.75, 3.05) is 6.54 Å². The molecule has 2 fully saturated rings. The van der Waals surface area contributed by atoms with Crippen molar-refractivity contribution in [1.29, 1.82) is 5.26 Å². The SMILES string of the molecule is CCN(C(=O)c1nc2cc(F)ccc2[nH]1)[C@@]12CCC[C@]1(NCc1oc3ccccc3c1C#N)C2. The third kappa shape index (κ3) is 2.90. The molecule has 2 N–H and O–H groups in total. The number of fused-ring (bicyclic) bond motifs is 3. The number of H-pyrrole nitrogens is 1. The van der Waals surface area contributed by atoms with Crippen molar-refractivity contribution in [1.82, 2.24) is 20.2 Å². The molecular weight excluding hydrogens is 433 g/mol. The lowest BCUT2D eigenvalue weighted by molar-refractivity contribution is 0.0624. The number of furan rings is 1. The standard InChI is InChI=1S/C26H24FN5O2/c1-2-32(24(33)23-30-19-9-8-16(27)12-20(19)31-23)26-11-5-10-25(26,15-26)29-14-22-18(13-28)17-6-3-4-7-21(17)34-22/h3-4,6-9,12,29H,2,5,10-11,14-15H2,1H3,(H,30,31)/t25-,26+/m0/s1. The van der Waals surface area contributed by atoms with E-state index in [0.29, 0.717) is 41.0 Å². The number of hydrogen-bond acceptors (Lipinski definition) is 5. The first-order valence-electron chi connectivity index (χ1n) is 11.6. The number of benzene rings is 2. The molecule has 8 heteroatoms. The molecule has 0 spiro atoms. The van der Waals surface area contributed by atoms with Crippen LogP contribution in [0.1, 0.15) is 54.5 Å². The largest absolute Gasteiger partial charge is 0.458 e. The Hall–Kier alpha value is -3.70. The molecule has 2 aliphatic rings. The molecule has 2 saturated carbocycles. The highest BCUT2D eigenvalue weighted by atomic mass is 19.1. The molecular formula is C26H24FN5O2. The first-order valence-corrected chi connectivity index (χ1v) is 11.6. The molecule has 0 saturated heterocycles. The van der Waals surface area contributed by atoms with Gasteiger partial charge in [0.2, 0.25) is 0 Å². The average Bonchev–Trinajstić information content (AvgIpc) is 3.19. The Labute approximate surface area is 195 Å². The Morgan fingerprint density at radius 3 is 3.00 bits per heavy atom. The van der Waals surface area contributed by atoms with Crippen molar-refractivity contribution >= 4 is 27.9 Å². The number of imidazole rings is 1. The van der Waals surface area contributed by atoms with Crippen LogP contribution in [0.15, 0.2) is 46.9 Å². The number of aromatic nitrogens is 2. The summed E-state index contributed by atoms with van der Waals surface area (Å²) in [6.07, 6.45) is 3.70. The van der Waals surface area contributed by atoms with Gasteiger partial charge in [0.25, 0.3) is 5.91 Å². The van der Waals surface area contributed by atoms with Crippen LogP contribution in [-0.4, -0.2) is 38.4 Å². The normalized spacial score (nSPS) is 23.2. The Balaban J connectivity index is 1.27. The summed E-state index contributed by atoms with van der Waals surface area (Å²) < 4.78 is 19.6. The highest BCUT2D eigenvalue weighted by Crippen LogP contribution is 2.63. The third-order valence-electron chi connectivity index (χ3n) is 7.65. The summed E-state index contributed by atoms with van der Waals surface area (Å²) in [6, 6.07) is 14.1. The average molecular weight is 458 g/mol. The Morgan fingerprint density at radius 2 is 2.18 bits per heavy atom. The van der Waals surface area contributed by atoms with Crippen LogP contribution in [0, 0.1) is 17.1 Å². The minimum Gasteiger partial charge on any atom is -0.458 e. The van der Waals surface area contributed by atoms with Crippen LogP contribution in [0.25, 0.3) is 22.0 Å². The highest BCUT2D eigenvalue weighted by Gasteiger charge is 2.73. The predicted molar refractivity (Wildman–Crippen MR) is 124 cm³/mol. The fraction of sp³-hybridized carbons (Fsp3) is 0.346. The van der Waals surface area contributed by atoms with Gasteiger partial charge in [0.15, 0.2) is 5.82 Å². The summed E-state index contributed by atoms with van der Waals surface area (Å²) in [5.74, 6) is 0.298. The van der Waals surface area contributed by atoms with E-state index < -0.39 is 0 Å². The lowest BCUT2D eigenvalue weighted by Crippen LogP contribution is -2.49. The second-order valence-electron chi connectivity index (χ2n) is 9.30. The zero-order chi connectivity index (χ0) is 23.5. The van der Waals surface area contributed by atoms with Crippen molar-refractivity contribution < 1.29 is 13.6 Å². The van der Waals surface area contributed by atoms with Crippen molar-refractivity contribution in [2.24, 2.45) is 0 Å². The van der Waals surface area contributed by atoms with Gasteiger partial charge in [-0.3, -0.25) is 4.79 Å². The fourth-order valence-electron chi connectivity index (χ4n) is 6.03. The van der Waals surface area contributed by atoms with Gasteiger partial charge in [-0.05, 0) is 56.9 Å². The Bertz CT molecular complexity index is 1480. The van der Waals surface area contributed by atoms with E-state index >= 15 is 0 Å². The number of amides is 1. The zero-order valence-corrected chi connectivity index (χ0v) is 18.8. The van der Waals surface area contributed by atoms with Crippen LogP contribution >= 0.6 is 0 Å². The maximum absolute atomic E-state index is 13.6. The van der Waals surface area contributed by atoms with Gasteiger partial charge in [-0.2, -0.15) is 5.26 Å². The number of rotatable bonds is 6. The summed E-state index contributed by atoms with van der Waals surface area (Å²) in [5.41, 5.74) is 1.82. The van der Waals surface area contributed by atoms with Crippen LogP contribution in [0.3, 0.4) is 0 Å². The minimum atomic E-state index is -0.382. The number of nitrogens with one attached hydrogen (secondary N) is 2. The zero-order valence-electron chi connectivity index (χ0n) is 18.8. The molecule has 172 valence electrons. The van der Waals surface area contributed by atoms with E-state index in [1.54, 1.807) is 6.07 Å². The van der Waals surface area contributed by atoms with E-state index in [-0.39, 0.29) is 28.6 Å². The number of para-hydroxylation sites is 1. The second kappa shape index (κ2) is 7.40. The van der Waals surface area contributed by atoms with E-state index in [9.17, 15) is 14.4 Å². The van der Waals surface area contributed by atoms with Crippen LogP contribution < -0.4 is 5.32 Å². The van der Waals surface area contributed by atoms with Crippen molar-refractivity contribution in [3.05, 3.63) is 65.4 Å². The summed E-state index contributed by atoms with van der Waals surface area (Å²) in [5, 5.41) is 14.2. The van der Waals surface area contributed by atoms with Crippen molar-refractivity contribution in [3.63, 3.8) is 0 Å². The van der Waals surface area contributed by atoms with Gasteiger partial charge < -0.3 is 19.6 Å². The summed E-state index contributed by atoms with van der Waals surface area (Å²) in [6.45, 7) is 2.94. The minimum absolute atomic E-state index is 0.175. The van der Waals surface area contributed by atoms with E-state index in [1.807, 2.05) is 36.1 Å². The number of aromatic amines is 1. The molecule has 0 aliphatic heterocycles. The molecule has 2 heterocycles. The van der Waals surface area contributed by atoms with Crippen LogP contribution in [0.4, 0.5) is 4.39 Å². The number of carbonyl (C=O) groups is 1. The van der Waals surface area contributed by atoms with Gasteiger partial charge in [0.05, 0.1) is 23.1 Å². The van der Waals surface area contributed by atoms with Gasteiger partial charge in [0, 0.05) is 23.5 Å². The van der Waals surface area contributed by atoms with Crippen molar-refractivity contribution in [2.45, 2.75) is 50.2 Å². The topological polar surface area (TPSA) is 97.9 Å². The molecule has 1 amide bonds. The molecule has 2 aromatic heterocycles. The predicted octanol–water partition coefficient (Wildman–Crippen LogP) is 4.64. The monoisotopic (exact) mass is 457 g/mol. The number of carbonyl (C=O) groups excluding carboxylic acids is 1. The molecule has 2 atom stereocenters. The first kappa shape index (κ1) is 20.9. The molecule has 0 radical (unpaired) electrons. The van der Waals surface area contributed by atoms with Gasteiger partial charge >= 0.3 is 0 Å². The number of nitriles is 1. The number of hydrogen-bond donors (Lipinski definition) is 2. The van der Waals surface area contributed by atoms with E-state index in [0.717, 1.165) is 31.1 Å². The number of nitrogens with zero attached hydrogens (tertiary/aromatic N) is 3. The first-order chi connectivity index (χ1) is 16.5. The quantitative estimate of drug-likeness (QED) is 0.440. The fourth-order valence-corrected chi connectivity index (χ4v) is 6.03. The van der Waals surface area contributed by atoms with Gasteiger partial charge in [-0.25, -0.2) is 9.37 Å². The van der Waals surface area contributed by atoms with E-state index in [1.165, 1.54) is 12.1 Å². The lowest BCUT2D eigenvalue weighted by Gasteiger charge is -2.32. The van der Waals surface area contributed by atoms with E-state index in [2.05, 4.69) is 21.4 Å². The van der Waals surface area contributed by atoms with E-state index in [4.69, 9.17) is 4.42 Å². The van der Waals surface area contributed by atoms with Crippen LogP contribution in [-0.2, 0) is 6.54 Å². The smallest absolute Gasteiger partial charge is 0.290 e. The maximum Gasteiger partial charge on any atom is 0.290 e. The Morgan fingerprint density at radius 1 is 1.32 bits per heavy atom. The van der Waals surface area contributed by atoms with Crippen LogP contribution in [0.2, 0.25) is 0 Å². The highest BCUT2D eigenvalue weighted by molar-refractivity contribution is 5.95. The summed E-state index contributed by atoms with van der Waals surface area (Å²) in [4.78, 5) is 22.9. The third-order valence-corrected chi connectivity index (χ3v) is 7.65. The maximum atomic E-state index is 13.6. The van der Waals surface area contributed by atoms with Gasteiger partial charge in [0.1, 0.15) is 28.8 Å². The molecule has 2 aromatic carbocycles. The van der Waals surface area contributed by atoms with Crippen molar-refractivity contribution in [3.8, 4) is 6.07 Å². The lowest BCUT2D eigenvalue weighted by atomic mass is 10.1. The molecule has 0 bridgehead atoms. The molecule has 0 unspecified atom stereocenters. The van der Waals surface area contributed by atoms with Crippen LogP contribution in [0.5, 0.6) is 0 Å². The van der Waals surface area contributed by atoms with Gasteiger partial charge in [-0.15, -0.1) is 0 Å². The molecule has 4 aromatic rings. The summed E-state index contributed by atoms with van der Waals surface area (Å²) in [7, 11) is 0. The van der Waals surface area contributed by atoms with Gasteiger partial charge in [-0.1, -0.05) is 12.1 Å². The molecule has 7 nitrogen and oxygen atoms in total. The molecule has 2 aliphatic carbocycles. The molecule has 6 rings (SSSR count). The second-order valence-corrected chi connectivity index (χ2v) is 9.30. The Kier molecular flexibility index (Phi) is 4.55. The summed E-state index contributed by atoms with van der Waals surface area (Å²) >= 11 is 0. The number of likely N-dealkylation sites (N-methyl/N-ethyl adjacent to an activating group) is 1.